The van der Waals surface area contributed by atoms with Crippen LogP contribution in [0.2, 0.25) is 0 Å². The molecule has 1 atom stereocenters. The minimum atomic E-state index is -1.65. The van der Waals surface area contributed by atoms with E-state index in [1.165, 1.54) is 28.3 Å². The largest absolute Gasteiger partial charge is 0.493 e. The number of methoxy groups -OCH3 is 3. The van der Waals surface area contributed by atoms with Crippen LogP contribution in [0, 0.1) is 17.5 Å². The van der Waals surface area contributed by atoms with Crippen molar-refractivity contribution in [2.75, 3.05) is 32.0 Å². The lowest BCUT2D eigenvalue weighted by Crippen LogP contribution is -2.32. The summed E-state index contributed by atoms with van der Waals surface area (Å²) < 4.78 is 55.6. The minimum absolute atomic E-state index is 0.374. The zero-order chi connectivity index (χ0) is 20.1. The Morgan fingerprint density at radius 1 is 0.963 bits per heavy atom. The van der Waals surface area contributed by atoms with Gasteiger partial charge in [-0.15, -0.1) is 0 Å². The average molecular weight is 384 g/mol. The van der Waals surface area contributed by atoms with Gasteiger partial charge in [-0.3, -0.25) is 4.79 Å². The standard InChI is InChI=1S/C18H19F3N2O4/c1-9(18(24)23-12-6-5-11(19)15(20)16(12)21)22-10-7-13(25-2)17(27-4)14(8-10)26-3/h5-9,22H,1-4H3,(H,23,24)/t9-/m1/s1. The quantitative estimate of drug-likeness (QED) is 0.715. The normalized spacial score (nSPS) is 11.5. The molecule has 0 heterocycles. The van der Waals surface area contributed by atoms with Gasteiger partial charge in [-0.05, 0) is 19.1 Å². The number of anilines is 2. The second-order valence-corrected chi connectivity index (χ2v) is 5.49. The van der Waals surface area contributed by atoms with Gasteiger partial charge >= 0.3 is 0 Å². The van der Waals surface area contributed by atoms with Crippen LogP contribution < -0.4 is 24.8 Å². The number of carbonyl (C=O) groups is 1. The number of benzene rings is 2. The maximum atomic E-state index is 13.7. The van der Waals surface area contributed by atoms with Gasteiger partial charge in [-0.2, -0.15) is 0 Å². The molecule has 0 bridgehead atoms. The van der Waals surface area contributed by atoms with Crippen molar-refractivity contribution in [3.8, 4) is 17.2 Å². The van der Waals surface area contributed by atoms with E-state index in [1.54, 1.807) is 12.1 Å². The molecule has 1 amide bonds. The Kier molecular flexibility index (Phi) is 6.38. The van der Waals surface area contributed by atoms with Gasteiger partial charge in [0, 0.05) is 17.8 Å². The Bertz CT molecular complexity index is 821. The van der Waals surface area contributed by atoms with E-state index >= 15 is 0 Å². The highest BCUT2D eigenvalue weighted by Crippen LogP contribution is 2.40. The predicted octanol–water partition coefficient (Wildman–Crippen LogP) is 3.57. The molecule has 2 aromatic carbocycles. The average Bonchev–Trinajstić information content (AvgIpc) is 2.67. The van der Waals surface area contributed by atoms with E-state index in [0.29, 0.717) is 22.9 Å². The van der Waals surface area contributed by atoms with Crippen molar-refractivity contribution in [1.29, 1.82) is 0 Å². The highest BCUT2D eigenvalue weighted by molar-refractivity contribution is 5.96. The molecule has 6 nitrogen and oxygen atoms in total. The maximum Gasteiger partial charge on any atom is 0.246 e. The fourth-order valence-corrected chi connectivity index (χ4v) is 2.34. The summed E-state index contributed by atoms with van der Waals surface area (Å²) in [4.78, 5) is 12.3. The topological polar surface area (TPSA) is 68.8 Å². The molecule has 0 saturated heterocycles. The Labute approximate surface area is 154 Å². The second kappa shape index (κ2) is 8.52. The van der Waals surface area contributed by atoms with Gasteiger partial charge < -0.3 is 24.8 Å². The van der Waals surface area contributed by atoms with Crippen LogP contribution in [0.1, 0.15) is 6.92 Å². The van der Waals surface area contributed by atoms with Crippen molar-refractivity contribution >= 4 is 17.3 Å². The highest BCUT2D eigenvalue weighted by Gasteiger charge is 2.20. The van der Waals surface area contributed by atoms with Gasteiger partial charge in [-0.1, -0.05) is 0 Å². The summed E-state index contributed by atoms with van der Waals surface area (Å²) in [5.74, 6) is -3.99. The molecule has 0 spiro atoms. The van der Waals surface area contributed by atoms with Crippen LogP contribution in [0.15, 0.2) is 24.3 Å². The van der Waals surface area contributed by atoms with E-state index in [2.05, 4.69) is 10.6 Å². The van der Waals surface area contributed by atoms with Crippen molar-refractivity contribution in [3.63, 3.8) is 0 Å². The first-order chi connectivity index (χ1) is 12.8. The monoisotopic (exact) mass is 384 g/mol. The highest BCUT2D eigenvalue weighted by atomic mass is 19.2. The van der Waals surface area contributed by atoms with Crippen molar-refractivity contribution in [2.24, 2.45) is 0 Å². The van der Waals surface area contributed by atoms with Crippen LogP contribution in [0.4, 0.5) is 24.5 Å². The summed E-state index contributed by atoms with van der Waals surface area (Å²) in [5.41, 5.74) is 0.00958. The molecule has 9 heteroatoms. The summed E-state index contributed by atoms with van der Waals surface area (Å²) in [6.45, 7) is 1.51. The summed E-state index contributed by atoms with van der Waals surface area (Å²) in [7, 11) is 4.35. The molecule has 0 aliphatic heterocycles. The number of amides is 1. The molecule has 146 valence electrons. The van der Waals surface area contributed by atoms with Gasteiger partial charge in [0.25, 0.3) is 0 Å². The van der Waals surface area contributed by atoms with E-state index in [-0.39, 0.29) is 0 Å². The number of halogens is 3. The zero-order valence-corrected chi connectivity index (χ0v) is 15.2. The van der Waals surface area contributed by atoms with Crippen LogP contribution in [-0.2, 0) is 4.79 Å². The van der Waals surface area contributed by atoms with Gasteiger partial charge in [0.1, 0.15) is 6.04 Å². The zero-order valence-electron chi connectivity index (χ0n) is 15.2. The predicted molar refractivity (Wildman–Crippen MR) is 94.1 cm³/mol. The number of carbonyl (C=O) groups excluding carboxylic acids is 1. The summed E-state index contributed by atoms with van der Waals surface area (Å²) in [6, 6.07) is 4.00. The van der Waals surface area contributed by atoms with E-state index in [1.807, 2.05) is 0 Å². The van der Waals surface area contributed by atoms with Gasteiger partial charge in [0.15, 0.2) is 29.0 Å². The first-order valence-corrected chi connectivity index (χ1v) is 7.83. The van der Waals surface area contributed by atoms with Crippen LogP contribution in [0.3, 0.4) is 0 Å². The number of hydrogen-bond donors (Lipinski definition) is 2. The third kappa shape index (κ3) is 4.36. The lowest BCUT2D eigenvalue weighted by atomic mass is 10.2. The Balaban J connectivity index is 2.18. The van der Waals surface area contributed by atoms with Crippen molar-refractivity contribution in [1.82, 2.24) is 0 Å². The molecule has 0 radical (unpaired) electrons. The minimum Gasteiger partial charge on any atom is -0.493 e. The number of nitrogens with one attached hydrogen (secondary N) is 2. The van der Waals surface area contributed by atoms with E-state index in [9.17, 15) is 18.0 Å². The fraction of sp³-hybridized carbons (Fsp3) is 0.278. The lowest BCUT2D eigenvalue weighted by molar-refractivity contribution is -0.116. The van der Waals surface area contributed by atoms with Gasteiger partial charge in [-0.25, -0.2) is 13.2 Å². The molecule has 0 fully saturated rings. The summed E-state index contributed by atoms with van der Waals surface area (Å²) in [6.07, 6.45) is 0. The fourth-order valence-electron chi connectivity index (χ4n) is 2.34. The Morgan fingerprint density at radius 2 is 1.56 bits per heavy atom. The van der Waals surface area contributed by atoms with Crippen LogP contribution in [0.25, 0.3) is 0 Å². The number of hydrogen-bond acceptors (Lipinski definition) is 5. The van der Waals surface area contributed by atoms with Crippen molar-refractivity contribution in [2.45, 2.75) is 13.0 Å². The molecule has 0 aliphatic rings. The molecule has 2 aromatic rings. The number of ether oxygens (including phenoxy) is 3. The summed E-state index contributed by atoms with van der Waals surface area (Å²) in [5, 5.41) is 5.10. The van der Waals surface area contributed by atoms with Crippen molar-refractivity contribution < 1.29 is 32.2 Å². The lowest BCUT2D eigenvalue weighted by Gasteiger charge is -2.18. The van der Waals surface area contributed by atoms with Crippen molar-refractivity contribution in [3.05, 3.63) is 41.7 Å². The third-order valence-corrected chi connectivity index (χ3v) is 3.73. The van der Waals surface area contributed by atoms with Gasteiger partial charge in [0.2, 0.25) is 11.7 Å². The summed E-state index contributed by atoms with van der Waals surface area (Å²) >= 11 is 0. The van der Waals surface area contributed by atoms with E-state index < -0.39 is 35.1 Å². The Morgan fingerprint density at radius 3 is 2.07 bits per heavy atom. The molecular weight excluding hydrogens is 365 g/mol. The SMILES string of the molecule is COc1cc(N[C@H](C)C(=O)Nc2ccc(F)c(F)c2F)cc(OC)c1OC. The Hall–Kier alpha value is -3.10. The number of rotatable bonds is 7. The molecule has 0 aliphatic carbocycles. The molecular formula is C18H19F3N2O4. The van der Waals surface area contributed by atoms with E-state index in [4.69, 9.17) is 14.2 Å². The third-order valence-electron chi connectivity index (χ3n) is 3.73. The first-order valence-electron chi connectivity index (χ1n) is 7.83. The van der Waals surface area contributed by atoms with Crippen LogP contribution in [0.5, 0.6) is 17.2 Å². The molecule has 0 unspecified atom stereocenters. The first kappa shape index (κ1) is 20.2. The molecule has 27 heavy (non-hydrogen) atoms. The van der Waals surface area contributed by atoms with Gasteiger partial charge in [0.05, 0.1) is 27.0 Å². The second-order valence-electron chi connectivity index (χ2n) is 5.49. The van der Waals surface area contributed by atoms with E-state index in [0.717, 1.165) is 12.1 Å². The smallest absolute Gasteiger partial charge is 0.246 e. The molecule has 0 saturated carbocycles. The molecule has 2 N–H and O–H groups in total. The van der Waals surface area contributed by atoms with Crippen LogP contribution in [-0.4, -0.2) is 33.3 Å². The van der Waals surface area contributed by atoms with Crippen LogP contribution >= 0.6 is 0 Å². The maximum absolute atomic E-state index is 13.7. The molecule has 0 aromatic heterocycles. The molecule has 2 rings (SSSR count).